The Labute approximate surface area is 111 Å². The van der Waals surface area contributed by atoms with Gasteiger partial charge in [-0.25, -0.2) is 0 Å². The van der Waals surface area contributed by atoms with Crippen LogP contribution in [0.25, 0.3) is 0 Å². The number of nitrogens with zero attached hydrogens (tertiary/aromatic N) is 1. The zero-order chi connectivity index (χ0) is 12.3. The number of ether oxygens (including phenoxy) is 2. The van der Waals surface area contributed by atoms with Crippen LogP contribution in [0.2, 0.25) is 18.1 Å². The summed E-state index contributed by atoms with van der Waals surface area (Å²) in [4.78, 5) is 0. The molecule has 0 spiro atoms. The Morgan fingerprint density at radius 2 is 2.06 bits per heavy atom. The van der Waals surface area contributed by atoms with Crippen LogP contribution < -0.4 is 0 Å². The summed E-state index contributed by atoms with van der Waals surface area (Å²) in [5, 5.41) is 0. The topological polar surface area (TPSA) is 21.7 Å². The van der Waals surface area contributed by atoms with Gasteiger partial charge >= 0.3 is 0 Å². The Morgan fingerprint density at radius 1 is 1.29 bits per heavy atom. The van der Waals surface area contributed by atoms with Crippen LogP contribution in [0.5, 0.6) is 0 Å². The first kappa shape index (κ1) is 15.4. The summed E-state index contributed by atoms with van der Waals surface area (Å²) >= 11 is 0. The molecule has 1 saturated heterocycles. The van der Waals surface area contributed by atoms with E-state index in [4.69, 9.17) is 9.47 Å². The van der Waals surface area contributed by atoms with Gasteiger partial charge in [0.15, 0.2) is 6.29 Å². The molecule has 0 saturated carbocycles. The van der Waals surface area contributed by atoms with Crippen LogP contribution in [0.3, 0.4) is 0 Å². The summed E-state index contributed by atoms with van der Waals surface area (Å²) in [5.74, 6) is 0. The third kappa shape index (κ3) is 7.36. The Kier molecular flexibility index (Phi) is 9.27. The van der Waals surface area contributed by atoms with Gasteiger partial charge < -0.3 is 14.0 Å². The molecule has 0 aromatic heterocycles. The molecular weight excluding hydrogens is 246 g/mol. The van der Waals surface area contributed by atoms with Crippen molar-refractivity contribution in [1.82, 2.24) is 4.57 Å². The lowest BCUT2D eigenvalue weighted by molar-refractivity contribution is -0.123. The SMILES string of the molecule is CCOC(C[SiH2]CCCN1CCC[SiH2]1)OCC. The highest BCUT2D eigenvalue weighted by Gasteiger charge is 2.11. The number of rotatable bonds is 10. The Hall–Kier alpha value is 0.314. The van der Waals surface area contributed by atoms with Gasteiger partial charge in [-0.15, -0.1) is 0 Å². The molecular formula is C12H29NO2Si2. The first-order valence-corrected chi connectivity index (χ1v) is 11.0. The quantitative estimate of drug-likeness (QED) is 0.337. The van der Waals surface area contributed by atoms with E-state index in [1.165, 1.54) is 38.0 Å². The van der Waals surface area contributed by atoms with E-state index >= 15 is 0 Å². The molecule has 0 bridgehead atoms. The second-order valence-electron chi connectivity index (χ2n) is 4.74. The lowest BCUT2D eigenvalue weighted by atomic mass is 10.4. The number of hydrogen-bond acceptors (Lipinski definition) is 3. The van der Waals surface area contributed by atoms with E-state index in [0.717, 1.165) is 13.2 Å². The summed E-state index contributed by atoms with van der Waals surface area (Å²) in [6.07, 6.45) is 2.99. The van der Waals surface area contributed by atoms with E-state index in [2.05, 4.69) is 4.57 Å². The summed E-state index contributed by atoms with van der Waals surface area (Å²) < 4.78 is 13.9. The van der Waals surface area contributed by atoms with E-state index in [9.17, 15) is 0 Å². The molecule has 0 amide bonds. The van der Waals surface area contributed by atoms with Crippen molar-refractivity contribution >= 4 is 19.2 Å². The van der Waals surface area contributed by atoms with E-state index in [-0.39, 0.29) is 25.5 Å². The molecule has 1 aliphatic rings. The van der Waals surface area contributed by atoms with Crippen molar-refractivity contribution < 1.29 is 9.47 Å². The second-order valence-corrected chi connectivity index (χ2v) is 8.78. The summed E-state index contributed by atoms with van der Waals surface area (Å²) in [6.45, 7) is 8.43. The van der Waals surface area contributed by atoms with Crippen molar-refractivity contribution in [2.24, 2.45) is 0 Å². The molecule has 1 aliphatic heterocycles. The van der Waals surface area contributed by atoms with Gasteiger partial charge in [0.2, 0.25) is 0 Å². The van der Waals surface area contributed by atoms with Gasteiger partial charge in [0.1, 0.15) is 0 Å². The summed E-state index contributed by atoms with van der Waals surface area (Å²) in [7, 11) is 0.215. The van der Waals surface area contributed by atoms with Crippen LogP contribution in [0.15, 0.2) is 0 Å². The molecule has 0 aromatic carbocycles. The van der Waals surface area contributed by atoms with Crippen molar-refractivity contribution in [3.05, 3.63) is 0 Å². The minimum Gasteiger partial charge on any atom is -0.353 e. The average Bonchev–Trinajstić information content (AvgIpc) is 2.82. The smallest absolute Gasteiger partial charge is 0.154 e. The van der Waals surface area contributed by atoms with Crippen molar-refractivity contribution in [1.29, 1.82) is 0 Å². The second kappa shape index (κ2) is 10.3. The van der Waals surface area contributed by atoms with E-state index < -0.39 is 0 Å². The van der Waals surface area contributed by atoms with Crippen LogP contribution in [0, 0.1) is 0 Å². The van der Waals surface area contributed by atoms with E-state index in [1.807, 2.05) is 13.8 Å². The van der Waals surface area contributed by atoms with Gasteiger partial charge in [0.25, 0.3) is 0 Å². The third-order valence-electron chi connectivity index (χ3n) is 3.32. The minimum absolute atomic E-state index is 0.0241. The van der Waals surface area contributed by atoms with Crippen LogP contribution in [-0.4, -0.2) is 56.4 Å². The van der Waals surface area contributed by atoms with E-state index in [1.54, 1.807) is 6.04 Å². The van der Waals surface area contributed by atoms with Crippen molar-refractivity contribution in [3.8, 4) is 0 Å². The largest absolute Gasteiger partial charge is 0.353 e. The fourth-order valence-electron chi connectivity index (χ4n) is 2.42. The highest BCUT2D eigenvalue weighted by molar-refractivity contribution is 6.35. The monoisotopic (exact) mass is 275 g/mol. The zero-order valence-electron chi connectivity index (χ0n) is 11.6. The third-order valence-corrected chi connectivity index (χ3v) is 7.28. The fraction of sp³-hybridized carbons (Fsp3) is 1.00. The molecule has 1 rings (SSSR count). The molecule has 0 unspecified atom stereocenters. The predicted octanol–water partition coefficient (Wildman–Crippen LogP) is 0.989. The van der Waals surface area contributed by atoms with Gasteiger partial charge in [-0.3, -0.25) is 0 Å². The summed E-state index contributed by atoms with van der Waals surface area (Å²) in [5.41, 5.74) is 0. The van der Waals surface area contributed by atoms with Gasteiger partial charge in [0, 0.05) is 22.7 Å². The molecule has 0 aliphatic carbocycles. The van der Waals surface area contributed by atoms with Crippen LogP contribution in [0.4, 0.5) is 0 Å². The fourth-order valence-corrected chi connectivity index (χ4v) is 5.74. The maximum Gasteiger partial charge on any atom is 0.154 e. The Morgan fingerprint density at radius 3 is 2.65 bits per heavy atom. The molecule has 3 nitrogen and oxygen atoms in total. The first-order chi connectivity index (χ1) is 8.36. The molecule has 1 heterocycles. The predicted molar refractivity (Wildman–Crippen MR) is 79.4 cm³/mol. The standard InChI is InChI=1S/C12H29NO2Si2/c1-3-14-12(15-4-2)11-16-9-5-7-13-8-6-10-17-13/h12H,3-11,16-17H2,1-2H3. The first-order valence-electron chi connectivity index (χ1n) is 7.32. The lowest BCUT2D eigenvalue weighted by Crippen LogP contribution is -2.23. The molecule has 0 radical (unpaired) electrons. The molecule has 1 fully saturated rings. The van der Waals surface area contributed by atoms with Gasteiger partial charge in [0.05, 0.1) is 9.68 Å². The van der Waals surface area contributed by atoms with Crippen molar-refractivity contribution in [3.63, 3.8) is 0 Å². The van der Waals surface area contributed by atoms with Gasteiger partial charge in [-0.2, -0.15) is 0 Å². The normalized spacial score (nSPS) is 19.2. The van der Waals surface area contributed by atoms with Crippen molar-refractivity contribution in [2.75, 3.05) is 26.3 Å². The number of hydrogen-bond donors (Lipinski definition) is 0. The van der Waals surface area contributed by atoms with Crippen molar-refractivity contribution in [2.45, 2.75) is 51.1 Å². The maximum atomic E-state index is 5.57. The Bertz CT molecular complexity index is 172. The highest BCUT2D eigenvalue weighted by Crippen LogP contribution is 2.08. The highest BCUT2D eigenvalue weighted by atomic mass is 28.2. The minimum atomic E-state index is 0.0241. The average molecular weight is 276 g/mol. The Balaban J connectivity index is 1.93. The van der Waals surface area contributed by atoms with Gasteiger partial charge in [-0.05, 0) is 51.9 Å². The van der Waals surface area contributed by atoms with Crippen LogP contribution in [-0.2, 0) is 9.47 Å². The zero-order valence-corrected chi connectivity index (χ0v) is 14.4. The summed E-state index contributed by atoms with van der Waals surface area (Å²) in [6, 6.07) is 4.20. The molecule has 102 valence electrons. The molecule has 0 N–H and O–H groups in total. The van der Waals surface area contributed by atoms with E-state index in [0.29, 0.717) is 0 Å². The van der Waals surface area contributed by atoms with Crippen LogP contribution >= 0.6 is 0 Å². The maximum absolute atomic E-state index is 5.57. The molecule has 17 heavy (non-hydrogen) atoms. The molecule has 0 atom stereocenters. The molecule has 5 heteroatoms. The lowest BCUT2D eigenvalue weighted by Gasteiger charge is -2.17. The van der Waals surface area contributed by atoms with Gasteiger partial charge in [-0.1, -0.05) is 6.04 Å². The van der Waals surface area contributed by atoms with Crippen LogP contribution in [0.1, 0.15) is 26.7 Å². The molecule has 0 aromatic rings.